The molecule has 0 bridgehead atoms. The van der Waals surface area contributed by atoms with Crippen molar-refractivity contribution in [2.75, 3.05) is 24.3 Å². The van der Waals surface area contributed by atoms with Gasteiger partial charge in [0.25, 0.3) is 0 Å². The lowest BCUT2D eigenvalue weighted by atomic mass is 10.1. The van der Waals surface area contributed by atoms with E-state index in [1.165, 1.54) is 6.33 Å². The highest BCUT2D eigenvalue weighted by molar-refractivity contribution is 8.00. The molecule has 0 spiro atoms. The molecule has 0 aliphatic heterocycles. The van der Waals surface area contributed by atoms with Crippen molar-refractivity contribution in [3.63, 3.8) is 0 Å². The van der Waals surface area contributed by atoms with Gasteiger partial charge in [-0.3, -0.25) is 4.31 Å². The molecule has 210 valence electrons. The highest BCUT2D eigenvalue weighted by Gasteiger charge is 2.21. The molecule has 0 aliphatic rings. The van der Waals surface area contributed by atoms with E-state index < -0.39 is 11.6 Å². The molecule has 13 heteroatoms. The minimum absolute atomic E-state index is 0.0198. The van der Waals surface area contributed by atoms with Gasteiger partial charge >= 0.3 is 0 Å². The highest BCUT2D eigenvalue weighted by Crippen LogP contribution is 2.40. The normalized spacial score (nSPS) is 10.9. The number of nitrogens with two attached hydrogens (primary N) is 1. The summed E-state index contributed by atoms with van der Waals surface area (Å²) in [5.74, 6) is -0.0518. The van der Waals surface area contributed by atoms with Crippen molar-refractivity contribution in [3.8, 4) is 34.3 Å². The number of hydrogen-bond acceptors (Lipinski definition) is 10. The van der Waals surface area contributed by atoms with Gasteiger partial charge in [0, 0.05) is 39.8 Å². The molecule has 3 aromatic carbocycles. The Morgan fingerprint density at radius 2 is 1.80 bits per heavy atom. The van der Waals surface area contributed by atoms with Crippen molar-refractivity contribution in [1.29, 1.82) is 0 Å². The first-order chi connectivity index (χ1) is 19.8. The van der Waals surface area contributed by atoms with E-state index in [1.807, 2.05) is 6.07 Å². The summed E-state index contributed by atoms with van der Waals surface area (Å²) in [7, 11) is 3.11. The van der Waals surface area contributed by atoms with Gasteiger partial charge in [-0.05, 0) is 60.5 Å². The topological polar surface area (TPSA) is 95.6 Å². The molecule has 2 aromatic heterocycles. The molecule has 0 unspecified atom stereocenters. The summed E-state index contributed by atoms with van der Waals surface area (Å²) in [6.45, 7) is 0.258. The van der Waals surface area contributed by atoms with E-state index >= 15 is 8.78 Å². The number of halogens is 3. The van der Waals surface area contributed by atoms with Crippen LogP contribution in [0.25, 0.3) is 11.3 Å². The predicted molar refractivity (Wildman–Crippen MR) is 157 cm³/mol. The third-order valence-electron chi connectivity index (χ3n) is 5.77. The SMILES string of the molecule is COc1ccc(CN(Sc2cc(F)c(Oc3ccc(Cl)cc3-c3cccc(N)n3)cc2F)c2ncns2)c(OC)c1. The van der Waals surface area contributed by atoms with Crippen molar-refractivity contribution in [2.45, 2.75) is 11.4 Å². The minimum Gasteiger partial charge on any atom is -0.497 e. The van der Waals surface area contributed by atoms with Crippen molar-refractivity contribution >= 4 is 46.0 Å². The number of benzene rings is 3. The summed E-state index contributed by atoms with van der Waals surface area (Å²) in [4.78, 5) is 8.57. The number of hydrogen-bond donors (Lipinski definition) is 1. The minimum atomic E-state index is -0.769. The first-order valence-electron chi connectivity index (χ1n) is 12.0. The van der Waals surface area contributed by atoms with Crippen LogP contribution in [0.2, 0.25) is 5.02 Å². The van der Waals surface area contributed by atoms with Gasteiger partial charge in [0.15, 0.2) is 11.6 Å². The molecule has 0 amide bonds. The van der Waals surface area contributed by atoms with Crippen LogP contribution in [0.3, 0.4) is 0 Å². The Morgan fingerprint density at radius 3 is 2.54 bits per heavy atom. The van der Waals surface area contributed by atoms with E-state index in [0.29, 0.717) is 38.7 Å². The predicted octanol–water partition coefficient (Wildman–Crippen LogP) is 7.64. The Kier molecular flexibility index (Phi) is 8.72. The Balaban J connectivity index is 1.43. The number of aromatic nitrogens is 3. The third-order valence-corrected chi connectivity index (χ3v) is 7.85. The maximum atomic E-state index is 15.4. The number of nitrogens with zero attached hydrogens (tertiary/aromatic N) is 4. The van der Waals surface area contributed by atoms with E-state index in [-0.39, 0.29) is 22.9 Å². The van der Waals surface area contributed by atoms with Crippen molar-refractivity contribution < 1.29 is 23.0 Å². The highest BCUT2D eigenvalue weighted by atomic mass is 35.5. The average Bonchev–Trinajstić information content (AvgIpc) is 3.51. The standard InChI is InChI=1S/C28H22ClF2N5O3S2/c1-37-18-8-6-16(24(11-18)38-2)14-36(28-33-15-34-40-28)41-26-13-20(30)25(12-21(26)31)39-23-9-7-17(29)10-19(23)22-4-3-5-27(32)35-22/h3-13,15H,14H2,1-2H3,(H2,32,35). The van der Waals surface area contributed by atoms with Crippen LogP contribution < -0.4 is 24.2 Å². The van der Waals surface area contributed by atoms with Gasteiger partial charge in [0.1, 0.15) is 35.2 Å². The largest absolute Gasteiger partial charge is 0.497 e. The summed E-state index contributed by atoms with van der Waals surface area (Å²) in [6, 6.07) is 17.3. The Morgan fingerprint density at radius 1 is 0.951 bits per heavy atom. The van der Waals surface area contributed by atoms with E-state index in [9.17, 15) is 0 Å². The fourth-order valence-corrected chi connectivity index (χ4v) is 5.53. The molecule has 41 heavy (non-hydrogen) atoms. The molecule has 5 rings (SSSR count). The van der Waals surface area contributed by atoms with Crippen molar-refractivity contribution in [2.24, 2.45) is 0 Å². The second kappa shape index (κ2) is 12.6. The molecule has 2 heterocycles. The van der Waals surface area contributed by atoms with Gasteiger partial charge in [0.05, 0.1) is 31.4 Å². The summed E-state index contributed by atoms with van der Waals surface area (Å²) in [5, 5.41) is 0.911. The first-order valence-corrected chi connectivity index (χ1v) is 13.9. The van der Waals surface area contributed by atoms with Gasteiger partial charge in [0.2, 0.25) is 5.13 Å². The summed E-state index contributed by atoms with van der Waals surface area (Å²) < 4.78 is 53.2. The monoisotopic (exact) mass is 613 g/mol. The quantitative estimate of drug-likeness (QED) is 0.159. The molecule has 0 radical (unpaired) electrons. The van der Waals surface area contributed by atoms with Gasteiger partial charge in [-0.25, -0.2) is 18.7 Å². The van der Waals surface area contributed by atoms with E-state index in [1.54, 1.807) is 67.1 Å². The lowest BCUT2D eigenvalue weighted by Gasteiger charge is -2.22. The van der Waals surface area contributed by atoms with Crippen LogP contribution in [-0.4, -0.2) is 28.6 Å². The zero-order valence-corrected chi connectivity index (χ0v) is 24.1. The molecule has 0 aliphatic carbocycles. The lowest BCUT2D eigenvalue weighted by Crippen LogP contribution is -2.15. The molecule has 0 fully saturated rings. The Bertz CT molecular complexity index is 1680. The zero-order chi connectivity index (χ0) is 28.9. The van der Waals surface area contributed by atoms with Crippen molar-refractivity contribution in [1.82, 2.24) is 14.3 Å². The average molecular weight is 614 g/mol. The summed E-state index contributed by atoms with van der Waals surface area (Å²) >= 11 is 8.28. The zero-order valence-electron chi connectivity index (χ0n) is 21.7. The van der Waals surface area contributed by atoms with Crippen LogP contribution >= 0.6 is 35.1 Å². The molecule has 5 aromatic rings. The fourth-order valence-electron chi connectivity index (χ4n) is 3.84. The van der Waals surface area contributed by atoms with Gasteiger partial charge < -0.3 is 19.9 Å². The maximum absolute atomic E-state index is 15.4. The lowest BCUT2D eigenvalue weighted by molar-refractivity contribution is 0.391. The van der Waals surface area contributed by atoms with Crippen LogP contribution in [0, 0.1) is 11.6 Å². The molecular formula is C28H22ClF2N5O3S2. The van der Waals surface area contributed by atoms with Crippen LogP contribution in [0.4, 0.5) is 19.7 Å². The number of methoxy groups -OCH3 is 2. The molecule has 8 nitrogen and oxygen atoms in total. The maximum Gasteiger partial charge on any atom is 0.215 e. The Labute approximate surface area is 248 Å². The number of anilines is 2. The smallest absolute Gasteiger partial charge is 0.215 e. The van der Waals surface area contributed by atoms with Crippen molar-refractivity contribution in [3.05, 3.63) is 95.3 Å². The molecular weight excluding hydrogens is 592 g/mol. The number of nitrogen functional groups attached to an aromatic ring is 1. The van der Waals surface area contributed by atoms with Gasteiger partial charge in [-0.1, -0.05) is 17.7 Å². The van der Waals surface area contributed by atoms with Gasteiger partial charge in [-0.15, -0.1) is 0 Å². The molecule has 0 saturated carbocycles. The number of rotatable bonds is 10. The number of ether oxygens (including phenoxy) is 3. The molecule has 2 N–H and O–H groups in total. The second-order valence-electron chi connectivity index (χ2n) is 8.43. The fraction of sp³-hybridized carbons (Fsp3) is 0.107. The third kappa shape index (κ3) is 6.62. The van der Waals surface area contributed by atoms with Gasteiger partial charge in [-0.2, -0.15) is 4.37 Å². The van der Waals surface area contributed by atoms with Crippen LogP contribution in [-0.2, 0) is 6.54 Å². The second-order valence-corrected chi connectivity index (χ2v) is 10.7. The van der Waals surface area contributed by atoms with Crippen LogP contribution in [0.5, 0.6) is 23.0 Å². The number of pyridine rings is 1. The van der Waals surface area contributed by atoms with Crippen LogP contribution in [0.1, 0.15) is 5.56 Å². The summed E-state index contributed by atoms with van der Waals surface area (Å²) in [6.07, 6.45) is 1.39. The summed E-state index contributed by atoms with van der Waals surface area (Å²) in [5.41, 5.74) is 7.55. The van der Waals surface area contributed by atoms with E-state index in [0.717, 1.165) is 41.2 Å². The van der Waals surface area contributed by atoms with E-state index in [2.05, 4.69) is 14.3 Å². The first kappa shape index (κ1) is 28.4. The Hall–Kier alpha value is -4.13. The molecule has 0 saturated heterocycles. The van der Waals surface area contributed by atoms with Crippen LogP contribution in [0.15, 0.2) is 78.0 Å². The van der Waals surface area contributed by atoms with E-state index in [4.69, 9.17) is 31.5 Å². The molecule has 0 atom stereocenters.